The number of rotatable bonds is 4. The van der Waals surface area contributed by atoms with E-state index >= 15 is 0 Å². The number of nitrogens with two attached hydrogens (primary N) is 1. The van der Waals surface area contributed by atoms with Crippen LogP contribution in [0.15, 0.2) is 18.3 Å². The quantitative estimate of drug-likeness (QED) is 0.797. The molecule has 2 heterocycles. The van der Waals surface area contributed by atoms with Crippen LogP contribution in [0.2, 0.25) is 0 Å². The van der Waals surface area contributed by atoms with Crippen LogP contribution in [0, 0.1) is 0 Å². The van der Waals surface area contributed by atoms with E-state index in [0.717, 1.165) is 0 Å². The van der Waals surface area contributed by atoms with E-state index in [2.05, 4.69) is 20.6 Å². The van der Waals surface area contributed by atoms with Gasteiger partial charge in [-0.2, -0.15) is 9.78 Å². The second-order valence-corrected chi connectivity index (χ2v) is 4.39. The highest BCUT2D eigenvalue weighted by Crippen LogP contribution is 2.25. The number of anilines is 2. The van der Waals surface area contributed by atoms with Gasteiger partial charge in [0.1, 0.15) is 11.4 Å². The molecule has 20 heavy (non-hydrogen) atoms. The largest absolute Gasteiger partial charge is 0.465 e. The van der Waals surface area contributed by atoms with E-state index in [1.165, 1.54) is 18.0 Å². The van der Waals surface area contributed by atoms with Crippen LogP contribution in [0.4, 0.5) is 11.6 Å². The average Bonchev–Trinajstić information content (AvgIpc) is 2.75. The van der Waals surface area contributed by atoms with Gasteiger partial charge in [-0.25, -0.2) is 4.79 Å². The minimum Gasteiger partial charge on any atom is -0.465 e. The minimum atomic E-state index is -0.555. The molecule has 0 amide bonds. The van der Waals surface area contributed by atoms with Crippen molar-refractivity contribution in [3.63, 3.8) is 0 Å². The van der Waals surface area contributed by atoms with E-state index < -0.39 is 5.97 Å². The average molecular weight is 276 g/mol. The molecule has 0 unspecified atom stereocenters. The van der Waals surface area contributed by atoms with Crippen LogP contribution in [0.5, 0.6) is 0 Å². The van der Waals surface area contributed by atoms with Crippen molar-refractivity contribution in [3.8, 4) is 5.82 Å². The Morgan fingerprint density at radius 3 is 2.80 bits per heavy atom. The number of hydrogen-bond donors (Lipinski definition) is 2. The van der Waals surface area contributed by atoms with Crippen LogP contribution in [0.3, 0.4) is 0 Å². The maximum absolute atomic E-state index is 11.8. The van der Waals surface area contributed by atoms with E-state index in [-0.39, 0.29) is 17.4 Å². The second kappa shape index (κ2) is 5.55. The predicted molar refractivity (Wildman–Crippen MR) is 73.7 cm³/mol. The van der Waals surface area contributed by atoms with Crippen LogP contribution < -0.4 is 11.1 Å². The van der Waals surface area contributed by atoms with Crippen molar-refractivity contribution < 1.29 is 9.53 Å². The van der Waals surface area contributed by atoms with Crippen LogP contribution in [-0.2, 0) is 4.74 Å². The normalized spacial score (nSPS) is 10.6. The molecule has 3 N–H and O–H groups in total. The number of methoxy groups -OCH3 is 1. The number of nitrogens with zero attached hydrogens (tertiary/aromatic N) is 4. The predicted octanol–water partition coefficient (Wildman–Crippen LogP) is 0.851. The van der Waals surface area contributed by atoms with Gasteiger partial charge >= 0.3 is 5.97 Å². The summed E-state index contributed by atoms with van der Waals surface area (Å²) in [5.41, 5.74) is 6.17. The van der Waals surface area contributed by atoms with Gasteiger partial charge in [0.2, 0.25) is 0 Å². The summed E-state index contributed by atoms with van der Waals surface area (Å²) in [6.07, 6.45) is 1.54. The summed E-state index contributed by atoms with van der Waals surface area (Å²) < 4.78 is 6.09. The van der Waals surface area contributed by atoms with Gasteiger partial charge in [-0.15, -0.1) is 10.2 Å². The van der Waals surface area contributed by atoms with E-state index in [9.17, 15) is 4.79 Å². The third-order valence-corrected chi connectivity index (χ3v) is 2.51. The van der Waals surface area contributed by atoms with Gasteiger partial charge in [0.15, 0.2) is 11.6 Å². The van der Waals surface area contributed by atoms with Crippen molar-refractivity contribution in [2.75, 3.05) is 18.2 Å². The molecular weight excluding hydrogens is 260 g/mol. The lowest BCUT2D eigenvalue weighted by atomic mass is 10.3. The maximum atomic E-state index is 11.8. The number of nitrogen functional groups attached to an aromatic ring is 1. The summed E-state index contributed by atoms with van der Waals surface area (Å²) in [5, 5.41) is 15.0. The Bertz CT molecular complexity index is 608. The molecule has 0 aliphatic carbocycles. The molecule has 2 aromatic rings. The minimum absolute atomic E-state index is 0.0861. The van der Waals surface area contributed by atoms with Crippen LogP contribution >= 0.6 is 0 Å². The molecule has 106 valence electrons. The van der Waals surface area contributed by atoms with Gasteiger partial charge < -0.3 is 15.8 Å². The SMILES string of the molecule is COC(=O)c1c(NC(C)C)nn(-c2cccnn2)c1N. The second-order valence-electron chi connectivity index (χ2n) is 4.39. The van der Waals surface area contributed by atoms with E-state index in [1.807, 2.05) is 13.8 Å². The molecule has 2 rings (SSSR count). The summed E-state index contributed by atoms with van der Waals surface area (Å²) >= 11 is 0. The molecule has 0 spiro atoms. The molecule has 0 radical (unpaired) electrons. The molecule has 0 aliphatic rings. The van der Waals surface area contributed by atoms with E-state index in [1.54, 1.807) is 12.1 Å². The Balaban J connectivity index is 2.55. The van der Waals surface area contributed by atoms with Gasteiger partial charge in [0.25, 0.3) is 0 Å². The number of hydrogen-bond acceptors (Lipinski definition) is 7. The van der Waals surface area contributed by atoms with Gasteiger partial charge in [-0.05, 0) is 26.0 Å². The summed E-state index contributed by atoms with van der Waals surface area (Å²) in [4.78, 5) is 11.8. The lowest BCUT2D eigenvalue weighted by Gasteiger charge is -2.07. The summed E-state index contributed by atoms with van der Waals surface area (Å²) in [6.45, 7) is 3.86. The van der Waals surface area contributed by atoms with Gasteiger partial charge in [-0.1, -0.05) is 0 Å². The first-order valence-electron chi connectivity index (χ1n) is 6.06. The lowest BCUT2D eigenvalue weighted by molar-refractivity contribution is 0.0603. The zero-order chi connectivity index (χ0) is 14.7. The molecule has 8 nitrogen and oxygen atoms in total. The van der Waals surface area contributed by atoms with Crippen LogP contribution in [0.25, 0.3) is 5.82 Å². The first-order chi connectivity index (χ1) is 9.54. The molecule has 0 aliphatic heterocycles. The number of esters is 1. The molecule has 0 saturated heterocycles. The fourth-order valence-corrected chi connectivity index (χ4v) is 1.69. The third kappa shape index (κ3) is 2.53. The Hall–Kier alpha value is -2.64. The van der Waals surface area contributed by atoms with E-state index in [4.69, 9.17) is 10.5 Å². The molecule has 2 aromatic heterocycles. The first-order valence-corrected chi connectivity index (χ1v) is 6.06. The maximum Gasteiger partial charge on any atom is 0.345 e. The highest BCUT2D eigenvalue weighted by atomic mass is 16.5. The highest BCUT2D eigenvalue weighted by Gasteiger charge is 2.24. The zero-order valence-electron chi connectivity index (χ0n) is 11.5. The van der Waals surface area contributed by atoms with Crippen molar-refractivity contribution in [1.82, 2.24) is 20.0 Å². The summed E-state index contributed by atoms with van der Waals surface area (Å²) in [6, 6.07) is 3.48. The fourth-order valence-electron chi connectivity index (χ4n) is 1.69. The monoisotopic (exact) mass is 276 g/mol. The lowest BCUT2D eigenvalue weighted by Crippen LogP contribution is -2.14. The van der Waals surface area contributed by atoms with Gasteiger partial charge in [0, 0.05) is 12.2 Å². The Labute approximate surface area is 115 Å². The molecule has 0 fully saturated rings. The van der Waals surface area contributed by atoms with E-state index in [0.29, 0.717) is 11.6 Å². The summed E-state index contributed by atoms with van der Waals surface area (Å²) in [7, 11) is 1.29. The Kier molecular flexibility index (Phi) is 3.83. The van der Waals surface area contributed by atoms with Gasteiger partial charge in [0.05, 0.1) is 7.11 Å². The zero-order valence-corrected chi connectivity index (χ0v) is 11.5. The molecule has 0 atom stereocenters. The third-order valence-electron chi connectivity index (χ3n) is 2.51. The Morgan fingerprint density at radius 1 is 1.50 bits per heavy atom. The van der Waals surface area contributed by atoms with Crippen molar-refractivity contribution in [2.24, 2.45) is 0 Å². The number of aromatic nitrogens is 4. The van der Waals surface area contributed by atoms with Crippen molar-refractivity contribution in [3.05, 3.63) is 23.9 Å². The number of carbonyl (C=O) groups is 1. The van der Waals surface area contributed by atoms with Gasteiger partial charge in [-0.3, -0.25) is 0 Å². The number of nitrogens with one attached hydrogen (secondary N) is 1. The van der Waals surface area contributed by atoms with Crippen molar-refractivity contribution >= 4 is 17.6 Å². The first kappa shape index (κ1) is 13.8. The van der Waals surface area contributed by atoms with Crippen molar-refractivity contribution in [2.45, 2.75) is 19.9 Å². The van der Waals surface area contributed by atoms with Crippen LogP contribution in [-0.4, -0.2) is 39.1 Å². The molecule has 0 saturated carbocycles. The standard InChI is InChI=1S/C12H16N6O2/c1-7(2)15-11-9(12(19)20-3)10(13)18(17-11)8-5-4-6-14-16-8/h4-7H,13H2,1-3H3,(H,15,17). The van der Waals surface area contributed by atoms with Crippen molar-refractivity contribution in [1.29, 1.82) is 0 Å². The molecular formula is C12H16N6O2. The fraction of sp³-hybridized carbons (Fsp3) is 0.333. The smallest absolute Gasteiger partial charge is 0.345 e. The molecule has 0 bridgehead atoms. The topological polar surface area (TPSA) is 108 Å². The molecule has 8 heteroatoms. The highest BCUT2D eigenvalue weighted by molar-refractivity contribution is 5.99. The molecule has 0 aromatic carbocycles. The summed E-state index contributed by atoms with van der Waals surface area (Å²) in [5.74, 6) is 0.378. The number of ether oxygens (including phenoxy) is 1. The Morgan fingerprint density at radius 2 is 2.25 bits per heavy atom. The number of carbonyl (C=O) groups excluding carboxylic acids is 1. The van der Waals surface area contributed by atoms with Crippen LogP contribution in [0.1, 0.15) is 24.2 Å².